The van der Waals surface area contributed by atoms with Gasteiger partial charge < -0.3 is 15.7 Å². The Kier molecular flexibility index (Phi) is 4.80. The molecule has 1 aromatic carbocycles. The van der Waals surface area contributed by atoms with E-state index >= 15 is 0 Å². The van der Waals surface area contributed by atoms with Crippen molar-refractivity contribution in [2.45, 2.75) is 19.8 Å². The van der Waals surface area contributed by atoms with Crippen LogP contribution in [-0.4, -0.2) is 58.7 Å². The zero-order valence-corrected chi connectivity index (χ0v) is 13.9. The molecular weight excluding hydrogens is 306 g/mol. The molecule has 7 heteroatoms. The van der Waals surface area contributed by atoms with Crippen LogP contribution in [0.3, 0.4) is 0 Å². The Hall–Kier alpha value is -2.41. The Morgan fingerprint density at radius 3 is 2.67 bits per heavy atom. The molecule has 0 amide bonds. The topological polar surface area (TPSA) is 95.6 Å². The minimum atomic E-state index is -0.955. The summed E-state index contributed by atoms with van der Waals surface area (Å²) < 4.78 is 0. The second-order valence-corrected chi connectivity index (χ2v) is 6.12. The predicted molar refractivity (Wildman–Crippen MR) is 94.5 cm³/mol. The number of hydrogen-bond donors (Lipinski definition) is 2. The van der Waals surface area contributed by atoms with Crippen LogP contribution in [0.2, 0.25) is 0 Å². The van der Waals surface area contributed by atoms with Gasteiger partial charge in [0, 0.05) is 31.6 Å². The number of piperazine rings is 1. The first-order valence-electron chi connectivity index (χ1n) is 8.36. The van der Waals surface area contributed by atoms with Crippen LogP contribution in [0.4, 0.5) is 11.8 Å². The van der Waals surface area contributed by atoms with Gasteiger partial charge in [-0.05, 0) is 31.2 Å². The fourth-order valence-corrected chi connectivity index (χ4v) is 3.07. The average molecular weight is 329 g/mol. The largest absolute Gasteiger partial charge is 0.478 e. The first-order chi connectivity index (χ1) is 11.6. The minimum Gasteiger partial charge on any atom is -0.478 e. The van der Waals surface area contributed by atoms with E-state index in [1.165, 1.54) is 12.8 Å². The summed E-state index contributed by atoms with van der Waals surface area (Å²) in [6, 6.07) is 4.87. The van der Waals surface area contributed by atoms with E-state index in [1.807, 2.05) is 0 Å². The van der Waals surface area contributed by atoms with Gasteiger partial charge in [0.05, 0.1) is 11.1 Å². The predicted octanol–water partition coefficient (Wildman–Crippen LogP) is 1.83. The van der Waals surface area contributed by atoms with Crippen LogP contribution in [0.5, 0.6) is 0 Å². The van der Waals surface area contributed by atoms with E-state index in [4.69, 9.17) is 5.73 Å². The number of carbonyl (C=O) groups is 1. The van der Waals surface area contributed by atoms with Crippen molar-refractivity contribution in [1.29, 1.82) is 0 Å². The number of anilines is 2. The van der Waals surface area contributed by atoms with Gasteiger partial charge in [-0.15, -0.1) is 0 Å². The van der Waals surface area contributed by atoms with Crippen LogP contribution in [0.15, 0.2) is 18.2 Å². The maximum atomic E-state index is 11.3. The SMILES string of the molecule is CCCCN1CCN(c2nc(N)nc3ccc(C(=O)O)cc23)CC1. The quantitative estimate of drug-likeness (QED) is 0.864. The number of benzene rings is 1. The third-order valence-electron chi connectivity index (χ3n) is 4.44. The van der Waals surface area contributed by atoms with Gasteiger partial charge in [0.2, 0.25) is 5.95 Å². The number of carboxylic acid groups (broad SMARTS) is 1. The molecule has 128 valence electrons. The molecule has 3 N–H and O–H groups in total. The summed E-state index contributed by atoms with van der Waals surface area (Å²) in [5.41, 5.74) is 6.76. The number of aromatic nitrogens is 2. The molecule has 2 heterocycles. The second-order valence-electron chi connectivity index (χ2n) is 6.12. The summed E-state index contributed by atoms with van der Waals surface area (Å²) >= 11 is 0. The highest BCUT2D eigenvalue weighted by atomic mass is 16.4. The van der Waals surface area contributed by atoms with Crippen molar-refractivity contribution in [2.75, 3.05) is 43.4 Å². The molecule has 0 saturated carbocycles. The Labute approximate surface area is 141 Å². The molecule has 1 aromatic heterocycles. The Balaban J connectivity index is 1.88. The number of hydrogen-bond acceptors (Lipinski definition) is 6. The second kappa shape index (κ2) is 7.00. The van der Waals surface area contributed by atoms with E-state index in [-0.39, 0.29) is 11.5 Å². The molecule has 0 atom stereocenters. The van der Waals surface area contributed by atoms with Crippen LogP contribution < -0.4 is 10.6 Å². The molecule has 0 spiro atoms. The fourth-order valence-electron chi connectivity index (χ4n) is 3.07. The molecule has 7 nitrogen and oxygen atoms in total. The van der Waals surface area contributed by atoms with Gasteiger partial charge >= 0.3 is 5.97 Å². The zero-order chi connectivity index (χ0) is 17.1. The van der Waals surface area contributed by atoms with E-state index < -0.39 is 5.97 Å². The van der Waals surface area contributed by atoms with Gasteiger partial charge in [-0.2, -0.15) is 4.98 Å². The molecule has 0 bridgehead atoms. The van der Waals surface area contributed by atoms with E-state index in [0.717, 1.165) is 43.9 Å². The van der Waals surface area contributed by atoms with Crippen molar-refractivity contribution in [3.05, 3.63) is 23.8 Å². The Morgan fingerprint density at radius 1 is 1.25 bits per heavy atom. The minimum absolute atomic E-state index is 0.217. The first-order valence-corrected chi connectivity index (χ1v) is 8.36. The highest BCUT2D eigenvalue weighted by Gasteiger charge is 2.21. The summed E-state index contributed by atoms with van der Waals surface area (Å²) in [7, 11) is 0. The zero-order valence-electron chi connectivity index (χ0n) is 13.9. The van der Waals surface area contributed by atoms with Crippen molar-refractivity contribution in [3.8, 4) is 0 Å². The van der Waals surface area contributed by atoms with Gasteiger partial charge in [-0.1, -0.05) is 13.3 Å². The number of unbranched alkanes of at least 4 members (excludes halogenated alkanes) is 1. The van der Waals surface area contributed by atoms with Crippen molar-refractivity contribution in [2.24, 2.45) is 0 Å². The monoisotopic (exact) mass is 329 g/mol. The maximum Gasteiger partial charge on any atom is 0.335 e. The number of nitrogens with zero attached hydrogens (tertiary/aromatic N) is 4. The molecule has 2 aromatic rings. The highest BCUT2D eigenvalue weighted by Crippen LogP contribution is 2.26. The van der Waals surface area contributed by atoms with Gasteiger partial charge in [0.1, 0.15) is 5.82 Å². The van der Waals surface area contributed by atoms with Crippen LogP contribution in [0.1, 0.15) is 30.1 Å². The van der Waals surface area contributed by atoms with Crippen molar-refractivity contribution < 1.29 is 9.90 Å². The van der Waals surface area contributed by atoms with Gasteiger partial charge in [0.15, 0.2) is 0 Å². The lowest BCUT2D eigenvalue weighted by Crippen LogP contribution is -2.47. The van der Waals surface area contributed by atoms with Crippen molar-refractivity contribution in [1.82, 2.24) is 14.9 Å². The lowest BCUT2D eigenvalue weighted by atomic mass is 10.1. The Bertz CT molecular complexity index is 741. The normalized spacial score (nSPS) is 15.8. The number of fused-ring (bicyclic) bond motifs is 1. The van der Waals surface area contributed by atoms with Crippen LogP contribution in [0.25, 0.3) is 10.9 Å². The summed E-state index contributed by atoms with van der Waals surface area (Å²) in [5, 5.41) is 9.97. The summed E-state index contributed by atoms with van der Waals surface area (Å²) in [5.74, 6) is -0.00575. The maximum absolute atomic E-state index is 11.3. The third kappa shape index (κ3) is 3.41. The molecule has 0 radical (unpaired) electrons. The molecule has 0 aliphatic carbocycles. The Morgan fingerprint density at radius 2 is 2.00 bits per heavy atom. The summed E-state index contributed by atoms with van der Waals surface area (Å²) in [4.78, 5) is 24.5. The molecule has 24 heavy (non-hydrogen) atoms. The van der Waals surface area contributed by atoms with Crippen molar-refractivity contribution >= 4 is 28.6 Å². The molecule has 1 aliphatic heterocycles. The number of nitrogens with two attached hydrogens (primary N) is 1. The summed E-state index contributed by atoms with van der Waals surface area (Å²) in [6.45, 7) is 6.99. The summed E-state index contributed by atoms with van der Waals surface area (Å²) in [6.07, 6.45) is 2.41. The molecular formula is C17H23N5O2. The van der Waals surface area contributed by atoms with Gasteiger partial charge in [0.25, 0.3) is 0 Å². The lowest BCUT2D eigenvalue weighted by molar-refractivity contribution is 0.0697. The van der Waals surface area contributed by atoms with Crippen molar-refractivity contribution in [3.63, 3.8) is 0 Å². The third-order valence-corrected chi connectivity index (χ3v) is 4.44. The standard InChI is InChI=1S/C17H23N5O2/c1-2-3-6-21-7-9-22(10-8-21)15-13-11-12(16(23)24)4-5-14(13)19-17(18)20-15/h4-5,11H,2-3,6-10H2,1H3,(H,23,24)(H2,18,19,20). The molecule has 1 aliphatic rings. The highest BCUT2D eigenvalue weighted by molar-refractivity contribution is 5.97. The van der Waals surface area contributed by atoms with Crippen LogP contribution >= 0.6 is 0 Å². The van der Waals surface area contributed by atoms with Gasteiger partial charge in [-0.25, -0.2) is 9.78 Å². The number of rotatable bonds is 5. The number of aromatic carboxylic acids is 1. The molecule has 3 rings (SSSR count). The van der Waals surface area contributed by atoms with Crippen LogP contribution in [0, 0.1) is 0 Å². The molecule has 1 fully saturated rings. The fraction of sp³-hybridized carbons (Fsp3) is 0.471. The van der Waals surface area contributed by atoms with E-state index in [1.54, 1.807) is 18.2 Å². The van der Waals surface area contributed by atoms with E-state index in [0.29, 0.717) is 5.52 Å². The number of carboxylic acids is 1. The van der Waals surface area contributed by atoms with Crippen LogP contribution in [-0.2, 0) is 0 Å². The smallest absolute Gasteiger partial charge is 0.335 e. The van der Waals surface area contributed by atoms with Gasteiger partial charge in [-0.3, -0.25) is 4.90 Å². The number of nitrogen functional groups attached to an aromatic ring is 1. The average Bonchev–Trinajstić information content (AvgIpc) is 2.59. The first kappa shape index (κ1) is 16.4. The van der Waals surface area contributed by atoms with E-state index in [9.17, 15) is 9.90 Å². The lowest BCUT2D eigenvalue weighted by Gasteiger charge is -2.35. The molecule has 0 unspecified atom stereocenters. The molecule has 1 saturated heterocycles. The van der Waals surface area contributed by atoms with E-state index in [2.05, 4.69) is 26.7 Å².